The van der Waals surface area contributed by atoms with Gasteiger partial charge < -0.3 is 20.6 Å². The van der Waals surface area contributed by atoms with E-state index in [1.807, 2.05) is 20.8 Å². The minimum atomic E-state index is -0.813. The van der Waals surface area contributed by atoms with E-state index in [-0.39, 0.29) is 28.8 Å². The molecule has 0 aromatic carbocycles. The highest BCUT2D eigenvalue weighted by atomic mass is 32.2. The highest BCUT2D eigenvalue weighted by Crippen LogP contribution is 2.37. The van der Waals surface area contributed by atoms with Crippen LogP contribution in [0.5, 0.6) is 0 Å². The summed E-state index contributed by atoms with van der Waals surface area (Å²) in [5.41, 5.74) is 8.00. The van der Waals surface area contributed by atoms with Crippen molar-refractivity contribution in [2.75, 3.05) is 25.2 Å². The number of rotatable bonds is 7. The Labute approximate surface area is 187 Å². The van der Waals surface area contributed by atoms with Crippen LogP contribution in [0.2, 0.25) is 0 Å². The van der Waals surface area contributed by atoms with E-state index in [2.05, 4.69) is 15.5 Å². The lowest BCUT2D eigenvalue weighted by Gasteiger charge is -2.48. The van der Waals surface area contributed by atoms with Gasteiger partial charge >= 0.3 is 5.97 Å². The molecule has 3 rings (SSSR count). The van der Waals surface area contributed by atoms with Gasteiger partial charge in [-0.1, -0.05) is 10.7 Å². The summed E-state index contributed by atoms with van der Waals surface area (Å²) in [4.78, 5) is 48.1. The number of nitrogens with one attached hydrogen (secondary N) is 1. The molecule has 2 atom stereocenters. The molecule has 0 saturated carbocycles. The van der Waals surface area contributed by atoms with Crippen molar-refractivity contribution in [2.45, 2.75) is 32.2 Å². The second-order valence-electron chi connectivity index (χ2n) is 7.02. The van der Waals surface area contributed by atoms with Crippen LogP contribution in [0.15, 0.2) is 33.5 Å². The smallest absolute Gasteiger partial charge is 0.355 e. The van der Waals surface area contributed by atoms with Crippen molar-refractivity contribution in [3.05, 3.63) is 34.0 Å². The first-order valence-corrected chi connectivity index (χ1v) is 11.3. The first-order valence-electron chi connectivity index (χ1n) is 9.32. The molecular weight excluding hydrogens is 442 g/mol. The van der Waals surface area contributed by atoms with Crippen LogP contribution in [-0.2, 0) is 24.0 Å². The molecule has 1 aromatic heterocycles. The minimum absolute atomic E-state index is 0.0881. The zero-order valence-electron chi connectivity index (χ0n) is 17.5. The molecule has 2 amide bonds. The van der Waals surface area contributed by atoms with E-state index in [1.165, 1.54) is 23.8 Å². The molecule has 12 heteroatoms. The molecule has 1 saturated heterocycles. The van der Waals surface area contributed by atoms with Gasteiger partial charge in [-0.25, -0.2) is 9.78 Å². The summed E-state index contributed by atoms with van der Waals surface area (Å²) >= 11 is 2.59. The van der Waals surface area contributed by atoms with Crippen molar-refractivity contribution < 1.29 is 24.0 Å². The lowest BCUT2D eigenvalue weighted by Crippen LogP contribution is -2.70. The largest absolute Gasteiger partial charge is 0.457 e. The van der Waals surface area contributed by atoms with Gasteiger partial charge in [0, 0.05) is 11.1 Å². The Morgan fingerprint density at radius 1 is 1.39 bits per heavy atom. The first kappa shape index (κ1) is 22.8. The molecule has 1 unspecified atom stereocenters. The summed E-state index contributed by atoms with van der Waals surface area (Å²) in [5.74, 6) is -1.08. The van der Waals surface area contributed by atoms with Crippen molar-refractivity contribution >= 4 is 51.7 Å². The molecular formula is C19H23N5O5S2. The molecule has 1 aromatic rings. The number of ether oxygens (including phenoxy) is 1. The number of carbonyl (C=O) groups excluding carboxylic acids is 3. The monoisotopic (exact) mass is 465 g/mol. The van der Waals surface area contributed by atoms with Gasteiger partial charge in [-0.3, -0.25) is 14.5 Å². The fourth-order valence-electron chi connectivity index (χ4n) is 2.82. The highest BCUT2D eigenvalue weighted by molar-refractivity contribution is 8.00. The third-order valence-corrected chi connectivity index (χ3v) is 6.64. The molecule has 0 bridgehead atoms. The van der Waals surface area contributed by atoms with Crippen LogP contribution in [0.25, 0.3) is 0 Å². The Bertz CT molecular complexity index is 996. The number of amides is 2. The Morgan fingerprint density at radius 2 is 2.13 bits per heavy atom. The van der Waals surface area contributed by atoms with E-state index in [0.29, 0.717) is 5.75 Å². The number of allylic oxidation sites excluding steroid dienone is 1. The number of nitrogen functional groups attached to an aromatic ring is 1. The van der Waals surface area contributed by atoms with Crippen LogP contribution < -0.4 is 11.1 Å². The van der Waals surface area contributed by atoms with Crippen molar-refractivity contribution in [3.8, 4) is 0 Å². The Kier molecular flexibility index (Phi) is 7.01. The number of fused-ring (bicyclic) bond motifs is 1. The number of esters is 1. The maximum atomic E-state index is 12.7. The van der Waals surface area contributed by atoms with Gasteiger partial charge in [0.05, 0.1) is 0 Å². The number of carbonyl (C=O) groups is 3. The second kappa shape index (κ2) is 9.52. The number of anilines is 1. The van der Waals surface area contributed by atoms with Crippen LogP contribution in [-0.4, -0.2) is 64.3 Å². The van der Waals surface area contributed by atoms with Crippen LogP contribution in [0.3, 0.4) is 0 Å². The molecule has 0 spiro atoms. The number of nitrogens with two attached hydrogens (primary N) is 1. The van der Waals surface area contributed by atoms with Crippen LogP contribution in [0.4, 0.5) is 5.13 Å². The fourth-order valence-corrected chi connectivity index (χ4v) is 4.57. The third-order valence-electron chi connectivity index (χ3n) is 4.78. The van der Waals surface area contributed by atoms with Crippen molar-refractivity contribution in [1.82, 2.24) is 15.2 Å². The predicted molar refractivity (Wildman–Crippen MR) is 118 cm³/mol. The predicted octanol–water partition coefficient (Wildman–Crippen LogP) is 1.26. The summed E-state index contributed by atoms with van der Waals surface area (Å²) in [6, 6.07) is -0.813. The number of thiazole rings is 1. The molecule has 1 fully saturated rings. The zero-order chi connectivity index (χ0) is 22.7. The average molecular weight is 466 g/mol. The molecule has 0 radical (unpaired) electrons. The van der Waals surface area contributed by atoms with Gasteiger partial charge in [0.2, 0.25) is 0 Å². The van der Waals surface area contributed by atoms with Gasteiger partial charge in [-0.2, -0.15) is 0 Å². The van der Waals surface area contributed by atoms with E-state index in [9.17, 15) is 14.4 Å². The van der Waals surface area contributed by atoms with Crippen molar-refractivity contribution in [1.29, 1.82) is 0 Å². The van der Waals surface area contributed by atoms with Crippen molar-refractivity contribution in [2.24, 2.45) is 5.16 Å². The van der Waals surface area contributed by atoms with Gasteiger partial charge in [0.15, 0.2) is 10.8 Å². The van der Waals surface area contributed by atoms with Crippen LogP contribution in [0, 0.1) is 0 Å². The van der Waals surface area contributed by atoms with Gasteiger partial charge in [0.25, 0.3) is 11.8 Å². The van der Waals surface area contributed by atoms with Crippen LogP contribution >= 0.6 is 23.1 Å². The topological polar surface area (TPSA) is 136 Å². The van der Waals surface area contributed by atoms with Crippen molar-refractivity contribution in [3.63, 3.8) is 0 Å². The van der Waals surface area contributed by atoms with E-state index in [1.54, 1.807) is 11.5 Å². The molecule has 10 nitrogen and oxygen atoms in total. The SMILES string of the molecule is CON=C(C(=O)NC1C(=O)N2C(C(=O)OCC(C)=C(C)C)=CCS[C@@H]12)c1csc(N)n1. The third kappa shape index (κ3) is 4.74. The van der Waals surface area contributed by atoms with Crippen LogP contribution in [0.1, 0.15) is 26.5 Å². The molecule has 0 aliphatic carbocycles. The summed E-state index contributed by atoms with van der Waals surface area (Å²) in [6.07, 6.45) is 1.66. The average Bonchev–Trinajstić information content (AvgIpc) is 3.18. The molecule has 2 aliphatic heterocycles. The summed E-state index contributed by atoms with van der Waals surface area (Å²) in [7, 11) is 1.30. The molecule has 3 heterocycles. The quantitative estimate of drug-likeness (QED) is 0.202. The first-order chi connectivity index (χ1) is 14.7. The summed E-state index contributed by atoms with van der Waals surface area (Å²) < 4.78 is 5.34. The Balaban J connectivity index is 1.68. The molecule has 31 heavy (non-hydrogen) atoms. The summed E-state index contributed by atoms with van der Waals surface area (Å²) in [6.45, 7) is 5.91. The number of β-lactam (4-membered cyclic amide) rings is 1. The Morgan fingerprint density at radius 3 is 2.74 bits per heavy atom. The maximum absolute atomic E-state index is 12.7. The van der Waals surface area contributed by atoms with E-state index >= 15 is 0 Å². The lowest BCUT2D eigenvalue weighted by atomic mass is 10.0. The fraction of sp³-hybridized carbons (Fsp3) is 0.421. The molecule has 166 valence electrons. The van der Waals surface area contributed by atoms with Gasteiger partial charge in [0.1, 0.15) is 36.5 Å². The number of nitrogens with zero attached hydrogens (tertiary/aromatic N) is 3. The lowest BCUT2D eigenvalue weighted by molar-refractivity contribution is -0.152. The molecule has 2 aliphatic rings. The second-order valence-corrected chi connectivity index (χ2v) is 9.06. The normalized spacial score (nSPS) is 20.3. The Hall–Kier alpha value is -2.86. The number of hydrogen-bond acceptors (Lipinski definition) is 10. The minimum Gasteiger partial charge on any atom is -0.457 e. The number of aromatic nitrogens is 1. The van der Waals surface area contributed by atoms with E-state index < -0.39 is 29.2 Å². The number of thioether (sulfide) groups is 1. The standard InChI is InChI=1S/C19H23N5O5S2/c1-9(2)10(3)7-29-18(27)12-5-6-30-17-14(16(26)24(12)17)22-15(25)13(23-28-4)11-8-31-19(20)21-11/h5,8,14,17H,6-7H2,1-4H3,(H2,20,21)(H,22,25)/t14?,17-/m0/s1. The highest BCUT2D eigenvalue weighted by Gasteiger charge is 2.53. The number of oxime groups is 1. The number of hydrogen-bond donors (Lipinski definition) is 2. The van der Waals surface area contributed by atoms with E-state index in [0.717, 1.165) is 22.5 Å². The van der Waals surface area contributed by atoms with Gasteiger partial charge in [-0.05, 0) is 32.4 Å². The van der Waals surface area contributed by atoms with E-state index in [4.69, 9.17) is 15.3 Å². The molecule has 3 N–H and O–H groups in total. The summed E-state index contributed by atoms with van der Waals surface area (Å²) in [5, 5.41) is 7.80. The van der Waals surface area contributed by atoms with Gasteiger partial charge in [-0.15, -0.1) is 23.1 Å². The maximum Gasteiger partial charge on any atom is 0.355 e. The zero-order valence-corrected chi connectivity index (χ0v) is 19.1.